The van der Waals surface area contributed by atoms with Crippen LogP contribution in [0.4, 0.5) is 0 Å². The highest BCUT2D eigenvalue weighted by atomic mass is 32.2. The highest BCUT2D eigenvalue weighted by molar-refractivity contribution is 7.89. The second-order valence-corrected chi connectivity index (χ2v) is 8.08. The average molecular weight is 327 g/mol. The monoisotopic (exact) mass is 327 g/mol. The maximum Gasteiger partial charge on any atom is 0.243 e. The van der Waals surface area contributed by atoms with E-state index in [1.165, 1.54) is 0 Å². The first-order valence-electron chi connectivity index (χ1n) is 7.79. The molecule has 23 heavy (non-hydrogen) atoms. The van der Waals surface area contributed by atoms with E-state index in [0.29, 0.717) is 18.0 Å². The molecule has 0 radical (unpaired) electrons. The van der Waals surface area contributed by atoms with Crippen LogP contribution < -0.4 is 0 Å². The SMILES string of the molecule is Cc1ccc(S(=O)(=O)N2C/C(=C\c3ccccc3)C(C)C2)cc1. The molecular weight excluding hydrogens is 306 g/mol. The van der Waals surface area contributed by atoms with E-state index in [4.69, 9.17) is 0 Å². The van der Waals surface area contributed by atoms with Crippen molar-refractivity contribution in [2.45, 2.75) is 18.7 Å². The molecule has 0 aromatic heterocycles. The molecule has 0 amide bonds. The number of nitrogens with zero attached hydrogens (tertiary/aromatic N) is 1. The van der Waals surface area contributed by atoms with E-state index in [0.717, 1.165) is 16.7 Å². The lowest BCUT2D eigenvalue weighted by atomic mass is 10.0. The van der Waals surface area contributed by atoms with Crippen LogP contribution in [0.15, 0.2) is 65.1 Å². The molecule has 0 N–H and O–H groups in total. The molecule has 1 heterocycles. The Morgan fingerprint density at radius 1 is 1.04 bits per heavy atom. The Bertz CT molecular complexity index is 808. The smallest absolute Gasteiger partial charge is 0.207 e. The van der Waals surface area contributed by atoms with Gasteiger partial charge in [-0.1, -0.05) is 66.6 Å². The first kappa shape index (κ1) is 16.0. The van der Waals surface area contributed by atoms with Crippen molar-refractivity contribution >= 4 is 16.1 Å². The van der Waals surface area contributed by atoms with Gasteiger partial charge in [0.05, 0.1) is 4.90 Å². The van der Waals surface area contributed by atoms with Crippen LogP contribution in [0.5, 0.6) is 0 Å². The van der Waals surface area contributed by atoms with Crippen LogP contribution in [-0.4, -0.2) is 25.8 Å². The van der Waals surface area contributed by atoms with Crippen LogP contribution in [0.2, 0.25) is 0 Å². The molecule has 2 aromatic rings. The second kappa shape index (κ2) is 6.30. The molecule has 1 saturated heterocycles. The Balaban J connectivity index is 1.86. The third-order valence-corrected chi connectivity index (χ3v) is 6.11. The lowest BCUT2D eigenvalue weighted by Crippen LogP contribution is -2.28. The molecular formula is C19H21NO2S. The van der Waals surface area contributed by atoms with Gasteiger partial charge < -0.3 is 0 Å². The summed E-state index contributed by atoms with van der Waals surface area (Å²) >= 11 is 0. The van der Waals surface area contributed by atoms with Crippen molar-refractivity contribution < 1.29 is 8.42 Å². The molecule has 0 saturated carbocycles. The fourth-order valence-electron chi connectivity index (χ4n) is 2.84. The summed E-state index contributed by atoms with van der Waals surface area (Å²) in [6, 6.07) is 17.1. The second-order valence-electron chi connectivity index (χ2n) is 6.14. The van der Waals surface area contributed by atoms with E-state index in [-0.39, 0.29) is 5.92 Å². The first-order valence-corrected chi connectivity index (χ1v) is 9.23. The standard InChI is InChI=1S/C19H21NO2S/c1-15-8-10-19(11-9-15)23(21,22)20-13-16(2)18(14-20)12-17-6-4-3-5-7-17/h3-12,16H,13-14H2,1-2H3/b18-12+. The lowest BCUT2D eigenvalue weighted by Gasteiger charge is -2.15. The Morgan fingerprint density at radius 2 is 1.70 bits per heavy atom. The number of hydrogen-bond acceptors (Lipinski definition) is 2. The van der Waals surface area contributed by atoms with Crippen molar-refractivity contribution in [3.63, 3.8) is 0 Å². The molecule has 0 aliphatic carbocycles. The molecule has 1 unspecified atom stereocenters. The molecule has 0 spiro atoms. The zero-order chi connectivity index (χ0) is 16.4. The van der Waals surface area contributed by atoms with E-state index in [1.54, 1.807) is 16.4 Å². The lowest BCUT2D eigenvalue weighted by molar-refractivity contribution is 0.464. The quantitative estimate of drug-likeness (QED) is 0.861. The molecule has 4 heteroatoms. The van der Waals surface area contributed by atoms with Crippen molar-refractivity contribution in [2.24, 2.45) is 5.92 Å². The van der Waals surface area contributed by atoms with Gasteiger partial charge in [0.2, 0.25) is 10.0 Å². The number of hydrogen-bond donors (Lipinski definition) is 0. The largest absolute Gasteiger partial charge is 0.243 e. The summed E-state index contributed by atoms with van der Waals surface area (Å²) < 4.78 is 27.2. The zero-order valence-electron chi connectivity index (χ0n) is 13.4. The summed E-state index contributed by atoms with van der Waals surface area (Å²) in [5.74, 6) is 0.232. The van der Waals surface area contributed by atoms with E-state index >= 15 is 0 Å². The highest BCUT2D eigenvalue weighted by Gasteiger charge is 2.33. The first-order chi connectivity index (χ1) is 11.0. The van der Waals surface area contributed by atoms with E-state index < -0.39 is 10.0 Å². The van der Waals surface area contributed by atoms with Gasteiger partial charge in [-0.05, 0) is 30.5 Å². The van der Waals surface area contributed by atoms with Gasteiger partial charge >= 0.3 is 0 Å². The summed E-state index contributed by atoms with van der Waals surface area (Å²) in [5, 5.41) is 0. The predicted octanol–water partition coefficient (Wildman–Crippen LogP) is 3.72. The third kappa shape index (κ3) is 3.38. The molecule has 0 bridgehead atoms. The number of sulfonamides is 1. The van der Waals surface area contributed by atoms with Crippen LogP contribution in [0.1, 0.15) is 18.1 Å². The van der Waals surface area contributed by atoms with Gasteiger partial charge in [-0.15, -0.1) is 0 Å². The molecule has 1 atom stereocenters. The highest BCUT2D eigenvalue weighted by Crippen LogP contribution is 2.29. The minimum atomic E-state index is -3.42. The molecule has 2 aromatic carbocycles. The van der Waals surface area contributed by atoms with Crippen LogP contribution in [0.25, 0.3) is 6.08 Å². The van der Waals surface area contributed by atoms with Crippen LogP contribution in [-0.2, 0) is 10.0 Å². The third-order valence-electron chi connectivity index (χ3n) is 4.28. The Hall–Kier alpha value is -1.91. The van der Waals surface area contributed by atoms with Gasteiger partial charge in [-0.2, -0.15) is 4.31 Å². The Kier molecular flexibility index (Phi) is 4.37. The molecule has 120 valence electrons. The fraction of sp³-hybridized carbons (Fsp3) is 0.263. The number of aryl methyl sites for hydroxylation is 1. The Morgan fingerprint density at radius 3 is 2.35 bits per heavy atom. The number of rotatable bonds is 3. The maximum absolute atomic E-state index is 12.8. The van der Waals surface area contributed by atoms with Crippen molar-refractivity contribution in [1.29, 1.82) is 0 Å². The van der Waals surface area contributed by atoms with Gasteiger partial charge in [-0.3, -0.25) is 0 Å². The fourth-order valence-corrected chi connectivity index (χ4v) is 4.36. The van der Waals surface area contributed by atoms with Crippen LogP contribution >= 0.6 is 0 Å². The van der Waals surface area contributed by atoms with Crippen LogP contribution in [0.3, 0.4) is 0 Å². The van der Waals surface area contributed by atoms with Crippen molar-refractivity contribution in [2.75, 3.05) is 13.1 Å². The Labute approximate surface area is 138 Å². The summed E-state index contributed by atoms with van der Waals surface area (Å²) in [6.45, 7) is 5.04. The van der Waals surface area contributed by atoms with Gasteiger partial charge in [0.15, 0.2) is 0 Å². The van der Waals surface area contributed by atoms with Crippen LogP contribution in [0, 0.1) is 12.8 Å². The van der Waals surface area contributed by atoms with Crippen molar-refractivity contribution in [1.82, 2.24) is 4.31 Å². The molecule has 1 aliphatic rings. The van der Waals surface area contributed by atoms with Gasteiger partial charge in [-0.25, -0.2) is 8.42 Å². The summed E-state index contributed by atoms with van der Waals surface area (Å²) in [4.78, 5) is 0.372. The zero-order valence-corrected chi connectivity index (χ0v) is 14.3. The topological polar surface area (TPSA) is 37.4 Å². The molecule has 1 fully saturated rings. The summed E-state index contributed by atoms with van der Waals surface area (Å²) in [5.41, 5.74) is 3.33. The molecule has 1 aliphatic heterocycles. The molecule has 3 rings (SSSR count). The molecule has 3 nitrogen and oxygen atoms in total. The summed E-state index contributed by atoms with van der Waals surface area (Å²) in [6.07, 6.45) is 2.11. The van der Waals surface area contributed by atoms with Crippen molar-refractivity contribution in [3.8, 4) is 0 Å². The van der Waals surface area contributed by atoms with Gasteiger partial charge in [0, 0.05) is 13.1 Å². The minimum absolute atomic E-state index is 0.232. The normalized spacial score (nSPS) is 21.0. The van der Waals surface area contributed by atoms with Gasteiger partial charge in [0.25, 0.3) is 0 Å². The predicted molar refractivity (Wildman–Crippen MR) is 93.5 cm³/mol. The number of benzene rings is 2. The minimum Gasteiger partial charge on any atom is -0.207 e. The maximum atomic E-state index is 12.8. The van der Waals surface area contributed by atoms with E-state index in [1.807, 2.05) is 49.4 Å². The van der Waals surface area contributed by atoms with E-state index in [2.05, 4.69) is 13.0 Å². The average Bonchev–Trinajstić information content (AvgIpc) is 2.90. The summed E-state index contributed by atoms with van der Waals surface area (Å²) in [7, 11) is -3.42. The van der Waals surface area contributed by atoms with Gasteiger partial charge in [0.1, 0.15) is 0 Å². The van der Waals surface area contributed by atoms with E-state index in [9.17, 15) is 8.42 Å². The van der Waals surface area contributed by atoms with Crippen molar-refractivity contribution in [3.05, 3.63) is 71.3 Å².